The Morgan fingerprint density at radius 2 is 2.44 bits per heavy atom. The molecule has 0 amide bonds. The van der Waals surface area contributed by atoms with E-state index in [1.807, 2.05) is 11.3 Å². The second kappa shape index (κ2) is 5.41. The molecule has 1 atom stereocenters. The summed E-state index contributed by atoms with van der Waals surface area (Å²) in [6, 6.07) is 2.63. The molecule has 5 heteroatoms. The van der Waals surface area contributed by atoms with Gasteiger partial charge in [0, 0.05) is 14.7 Å². The SMILES string of the molecule is CCNC1CCCc2sc(-c3cc(Br)cs3)nc21. The molecule has 1 unspecified atom stereocenters. The van der Waals surface area contributed by atoms with Gasteiger partial charge in [0.05, 0.1) is 16.6 Å². The Bertz CT molecular complexity index is 547. The number of halogens is 1. The molecule has 2 heterocycles. The fourth-order valence-corrected chi connectivity index (χ4v) is 5.05. The van der Waals surface area contributed by atoms with Crippen molar-refractivity contribution in [2.45, 2.75) is 32.2 Å². The highest BCUT2D eigenvalue weighted by Crippen LogP contribution is 2.39. The molecule has 0 radical (unpaired) electrons. The van der Waals surface area contributed by atoms with Crippen LogP contribution in [0.4, 0.5) is 0 Å². The largest absolute Gasteiger partial charge is 0.309 e. The summed E-state index contributed by atoms with van der Waals surface area (Å²) < 4.78 is 1.15. The lowest BCUT2D eigenvalue weighted by Gasteiger charge is -2.21. The summed E-state index contributed by atoms with van der Waals surface area (Å²) in [5.74, 6) is 0. The quantitative estimate of drug-likeness (QED) is 0.880. The van der Waals surface area contributed by atoms with Crippen molar-refractivity contribution < 1.29 is 0 Å². The molecule has 2 aromatic heterocycles. The molecule has 0 spiro atoms. The van der Waals surface area contributed by atoms with Crippen LogP contribution in [0.15, 0.2) is 15.9 Å². The van der Waals surface area contributed by atoms with Crippen molar-refractivity contribution in [2.24, 2.45) is 0 Å². The fraction of sp³-hybridized carbons (Fsp3) is 0.462. The monoisotopic (exact) mass is 342 g/mol. The van der Waals surface area contributed by atoms with Gasteiger partial charge in [0.15, 0.2) is 0 Å². The minimum absolute atomic E-state index is 0.465. The first kappa shape index (κ1) is 12.8. The molecule has 1 aliphatic carbocycles. The van der Waals surface area contributed by atoms with Crippen molar-refractivity contribution in [1.29, 1.82) is 0 Å². The van der Waals surface area contributed by atoms with Crippen molar-refractivity contribution in [3.63, 3.8) is 0 Å². The Labute approximate surface area is 124 Å². The smallest absolute Gasteiger partial charge is 0.134 e. The van der Waals surface area contributed by atoms with Gasteiger partial charge in [0.1, 0.15) is 5.01 Å². The van der Waals surface area contributed by atoms with Gasteiger partial charge in [-0.15, -0.1) is 22.7 Å². The van der Waals surface area contributed by atoms with Crippen LogP contribution in [0.25, 0.3) is 9.88 Å². The van der Waals surface area contributed by atoms with E-state index in [2.05, 4.69) is 39.6 Å². The number of thiazole rings is 1. The van der Waals surface area contributed by atoms with E-state index >= 15 is 0 Å². The molecule has 0 bridgehead atoms. The molecule has 0 saturated heterocycles. The Balaban J connectivity index is 1.95. The summed E-state index contributed by atoms with van der Waals surface area (Å²) in [5.41, 5.74) is 1.30. The molecule has 18 heavy (non-hydrogen) atoms. The molecule has 1 N–H and O–H groups in total. The van der Waals surface area contributed by atoms with Crippen LogP contribution in [-0.2, 0) is 6.42 Å². The first-order valence-corrected chi connectivity index (χ1v) is 8.74. The van der Waals surface area contributed by atoms with Crippen molar-refractivity contribution in [3.05, 3.63) is 26.5 Å². The molecule has 1 aliphatic rings. The molecule has 0 aliphatic heterocycles. The van der Waals surface area contributed by atoms with Crippen LogP contribution in [0, 0.1) is 0 Å². The number of rotatable bonds is 3. The number of hydrogen-bond donors (Lipinski definition) is 1. The Kier molecular flexibility index (Phi) is 3.84. The number of aryl methyl sites for hydroxylation is 1. The molecule has 0 saturated carbocycles. The molecule has 0 fully saturated rings. The molecular weight excluding hydrogens is 328 g/mol. The lowest BCUT2D eigenvalue weighted by molar-refractivity contribution is 0.465. The standard InChI is InChI=1S/C13H15BrN2S2/c1-2-15-9-4-3-5-10-12(9)16-13(18-10)11-6-8(14)7-17-11/h6-7,9,15H,2-5H2,1H3. The zero-order valence-electron chi connectivity index (χ0n) is 10.2. The highest BCUT2D eigenvalue weighted by molar-refractivity contribution is 9.10. The summed E-state index contributed by atoms with van der Waals surface area (Å²) in [4.78, 5) is 7.63. The second-order valence-corrected chi connectivity index (χ2v) is 7.37. The van der Waals surface area contributed by atoms with Gasteiger partial charge in [-0.3, -0.25) is 0 Å². The Morgan fingerprint density at radius 1 is 1.56 bits per heavy atom. The Hall–Kier alpha value is -0.230. The summed E-state index contributed by atoms with van der Waals surface area (Å²) in [7, 11) is 0. The first-order valence-electron chi connectivity index (χ1n) is 6.25. The molecular formula is C13H15BrN2S2. The van der Waals surface area contributed by atoms with Gasteiger partial charge in [0.25, 0.3) is 0 Å². The maximum Gasteiger partial charge on any atom is 0.134 e. The van der Waals surface area contributed by atoms with Crippen molar-refractivity contribution >= 4 is 38.6 Å². The van der Waals surface area contributed by atoms with E-state index in [1.54, 1.807) is 11.3 Å². The van der Waals surface area contributed by atoms with Gasteiger partial charge in [-0.05, 0) is 47.8 Å². The van der Waals surface area contributed by atoms with E-state index < -0.39 is 0 Å². The summed E-state index contributed by atoms with van der Waals surface area (Å²) in [5, 5.41) is 6.85. The van der Waals surface area contributed by atoms with Crippen molar-refractivity contribution in [3.8, 4) is 9.88 Å². The van der Waals surface area contributed by atoms with Gasteiger partial charge in [-0.1, -0.05) is 6.92 Å². The highest BCUT2D eigenvalue weighted by Gasteiger charge is 2.24. The van der Waals surface area contributed by atoms with Gasteiger partial charge in [-0.25, -0.2) is 4.98 Å². The minimum Gasteiger partial charge on any atom is -0.309 e. The maximum atomic E-state index is 4.88. The highest BCUT2D eigenvalue weighted by atomic mass is 79.9. The van der Waals surface area contributed by atoms with Crippen LogP contribution >= 0.6 is 38.6 Å². The number of fused-ring (bicyclic) bond motifs is 1. The second-order valence-electron chi connectivity index (χ2n) is 4.46. The summed E-state index contributed by atoms with van der Waals surface area (Å²) in [6.45, 7) is 3.18. The van der Waals surface area contributed by atoms with Crippen molar-refractivity contribution in [1.82, 2.24) is 10.3 Å². The zero-order chi connectivity index (χ0) is 12.5. The average Bonchev–Trinajstić information content (AvgIpc) is 2.95. The van der Waals surface area contributed by atoms with Crippen LogP contribution in [0.3, 0.4) is 0 Å². The number of aromatic nitrogens is 1. The van der Waals surface area contributed by atoms with E-state index in [0.717, 1.165) is 11.0 Å². The molecule has 2 nitrogen and oxygen atoms in total. The lowest BCUT2D eigenvalue weighted by Crippen LogP contribution is -2.24. The molecule has 96 valence electrons. The number of hydrogen-bond acceptors (Lipinski definition) is 4. The van der Waals surface area contributed by atoms with E-state index in [-0.39, 0.29) is 0 Å². The zero-order valence-corrected chi connectivity index (χ0v) is 13.4. The van der Waals surface area contributed by atoms with Crippen LogP contribution in [0.5, 0.6) is 0 Å². The summed E-state index contributed by atoms with van der Waals surface area (Å²) >= 11 is 7.14. The van der Waals surface area contributed by atoms with E-state index in [1.165, 1.54) is 39.7 Å². The van der Waals surface area contributed by atoms with Crippen LogP contribution in [0.2, 0.25) is 0 Å². The van der Waals surface area contributed by atoms with Crippen molar-refractivity contribution in [2.75, 3.05) is 6.54 Å². The van der Waals surface area contributed by atoms with Gasteiger partial charge in [-0.2, -0.15) is 0 Å². The Morgan fingerprint density at radius 3 is 3.17 bits per heavy atom. The first-order chi connectivity index (χ1) is 8.78. The van der Waals surface area contributed by atoms with Crippen LogP contribution in [-0.4, -0.2) is 11.5 Å². The number of nitrogens with zero attached hydrogens (tertiary/aromatic N) is 1. The fourth-order valence-electron chi connectivity index (χ4n) is 2.39. The van der Waals surface area contributed by atoms with Gasteiger partial charge in [0.2, 0.25) is 0 Å². The predicted octanol–water partition coefficient (Wildman–Crippen LogP) is 4.62. The third kappa shape index (κ3) is 2.41. The van der Waals surface area contributed by atoms with Gasteiger partial charge >= 0.3 is 0 Å². The van der Waals surface area contributed by atoms with E-state index in [0.29, 0.717) is 6.04 Å². The molecule has 3 rings (SSSR count). The third-order valence-electron chi connectivity index (χ3n) is 3.18. The van der Waals surface area contributed by atoms with Crippen LogP contribution < -0.4 is 5.32 Å². The normalized spacial score (nSPS) is 18.9. The molecule has 2 aromatic rings. The van der Waals surface area contributed by atoms with E-state index in [9.17, 15) is 0 Å². The number of thiophene rings is 1. The lowest BCUT2D eigenvalue weighted by atomic mass is 9.98. The minimum atomic E-state index is 0.465. The number of nitrogens with one attached hydrogen (secondary N) is 1. The summed E-state index contributed by atoms with van der Waals surface area (Å²) in [6.07, 6.45) is 3.69. The third-order valence-corrected chi connectivity index (χ3v) is 6.17. The van der Waals surface area contributed by atoms with Gasteiger partial charge < -0.3 is 5.32 Å². The maximum absolute atomic E-state index is 4.88. The van der Waals surface area contributed by atoms with E-state index in [4.69, 9.17) is 4.98 Å². The molecule has 0 aromatic carbocycles. The predicted molar refractivity (Wildman–Crippen MR) is 82.5 cm³/mol. The topological polar surface area (TPSA) is 24.9 Å². The average molecular weight is 343 g/mol. The van der Waals surface area contributed by atoms with Crippen LogP contribution in [0.1, 0.15) is 36.4 Å².